The summed E-state index contributed by atoms with van der Waals surface area (Å²) in [7, 11) is 0. The molecule has 1 N–H and O–H groups in total. The fraction of sp³-hybridized carbons (Fsp3) is 0. The van der Waals surface area contributed by atoms with Crippen LogP contribution in [0.1, 0.15) is 0 Å². The minimum atomic E-state index is -0.271. The first kappa shape index (κ1) is 19.1. The van der Waals surface area contributed by atoms with Crippen LogP contribution < -0.4 is 5.32 Å². The van der Waals surface area contributed by atoms with Crippen molar-refractivity contribution in [2.75, 3.05) is 5.32 Å². The lowest BCUT2D eigenvalue weighted by atomic mass is 10.1. The van der Waals surface area contributed by atoms with Crippen LogP contribution in [-0.4, -0.2) is 15.2 Å². The van der Waals surface area contributed by atoms with Gasteiger partial charge in [0.05, 0.1) is 11.4 Å². The lowest BCUT2D eigenvalue weighted by Crippen LogP contribution is -1.96. The standard InChI is InChI=1S/C25H17FN4S/c26-20-10-6-17(7-11-20)22-14-15-24(30-29-22)27-21-12-8-18(9-13-21)23-16-31-25(28-23)19-4-2-1-3-5-19/h1-16H,(H,27,30). The molecule has 0 aliphatic carbocycles. The molecule has 0 bridgehead atoms. The Morgan fingerprint density at radius 2 is 1.35 bits per heavy atom. The van der Waals surface area contributed by atoms with Crippen LogP contribution in [0.3, 0.4) is 0 Å². The third-order valence-corrected chi connectivity index (χ3v) is 5.67. The summed E-state index contributed by atoms with van der Waals surface area (Å²) in [6.07, 6.45) is 0. The smallest absolute Gasteiger partial charge is 0.153 e. The Kier molecular flexibility index (Phi) is 5.21. The number of nitrogens with zero attached hydrogens (tertiary/aromatic N) is 3. The Labute approximate surface area is 183 Å². The van der Waals surface area contributed by atoms with E-state index in [1.54, 1.807) is 23.5 Å². The molecule has 0 unspecified atom stereocenters. The van der Waals surface area contributed by atoms with E-state index in [-0.39, 0.29) is 5.82 Å². The second-order valence-corrected chi connectivity index (χ2v) is 7.78. The Bertz CT molecular complexity index is 1280. The topological polar surface area (TPSA) is 50.7 Å². The van der Waals surface area contributed by atoms with Crippen LogP contribution in [0.5, 0.6) is 0 Å². The molecule has 150 valence electrons. The van der Waals surface area contributed by atoms with Crippen molar-refractivity contribution in [3.63, 3.8) is 0 Å². The number of benzene rings is 3. The maximum absolute atomic E-state index is 13.1. The lowest BCUT2D eigenvalue weighted by molar-refractivity contribution is 0.628. The molecule has 0 aliphatic rings. The fourth-order valence-corrected chi connectivity index (χ4v) is 4.00. The Balaban J connectivity index is 1.28. The summed E-state index contributed by atoms with van der Waals surface area (Å²) in [5.74, 6) is 0.367. The van der Waals surface area contributed by atoms with E-state index in [0.29, 0.717) is 11.5 Å². The van der Waals surface area contributed by atoms with Gasteiger partial charge in [-0.05, 0) is 48.5 Å². The first-order valence-electron chi connectivity index (χ1n) is 9.73. The van der Waals surface area contributed by atoms with Crippen molar-refractivity contribution in [3.05, 3.63) is 102 Å². The van der Waals surface area contributed by atoms with Gasteiger partial charge in [-0.25, -0.2) is 9.37 Å². The van der Waals surface area contributed by atoms with Crippen LogP contribution in [0.4, 0.5) is 15.9 Å². The van der Waals surface area contributed by atoms with Crippen LogP contribution in [0, 0.1) is 5.82 Å². The zero-order chi connectivity index (χ0) is 21.0. The molecule has 31 heavy (non-hydrogen) atoms. The second-order valence-electron chi connectivity index (χ2n) is 6.92. The normalized spacial score (nSPS) is 10.7. The van der Waals surface area contributed by atoms with Gasteiger partial charge < -0.3 is 5.32 Å². The maximum atomic E-state index is 13.1. The summed E-state index contributed by atoms with van der Waals surface area (Å²) in [5, 5.41) is 14.8. The van der Waals surface area contributed by atoms with Crippen molar-refractivity contribution >= 4 is 22.8 Å². The number of aromatic nitrogens is 3. The highest BCUT2D eigenvalue weighted by atomic mass is 32.1. The van der Waals surface area contributed by atoms with E-state index in [9.17, 15) is 4.39 Å². The highest BCUT2D eigenvalue weighted by Gasteiger charge is 2.07. The number of hydrogen-bond acceptors (Lipinski definition) is 5. The summed E-state index contributed by atoms with van der Waals surface area (Å²) >= 11 is 1.64. The van der Waals surface area contributed by atoms with E-state index in [2.05, 4.69) is 33.0 Å². The Morgan fingerprint density at radius 1 is 0.645 bits per heavy atom. The van der Waals surface area contributed by atoms with E-state index in [4.69, 9.17) is 4.98 Å². The van der Waals surface area contributed by atoms with Gasteiger partial charge in [0, 0.05) is 27.8 Å². The number of thiazole rings is 1. The van der Waals surface area contributed by atoms with E-state index >= 15 is 0 Å². The molecule has 0 fully saturated rings. The van der Waals surface area contributed by atoms with Gasteiger partial charge in [0.15, 0.2) is 5.82 Å². The molecule has 2 aromatic heterocycles. The second kappa shape index (κ2) is 8.45. The Morgan fingerprint density at radius 3 is 2.06 bits per heavy atom. The van der Waals surface area contributed by atoms with E-state index < -0.39 is 0 Å². The number of anilines is 2. The molecular formula is C25H17FN4S. The van der Waals surface area contributed by atoms with Crippen molar-refractivity contribution in [3.8, 4) is 33.1 Å². The highest BCUT2D eigenvalue weighted by molar-refractivity contribution is 7.13. The van der Waals surface area contributed by atoms with Crippen LogP contribution in [0.2, 0.25) is 0 Å². The third kappa shape index (κ3) is 4.34. The van der Waals surface area contributed by atoms with E-state index in [0.717, 1.165) is 33.1 Å². The highest BCUT2D eigenvalue weighted by Crippen LogP contribution is 2.29. The summed E-state index contributed by atoms with van der Waals surface area (Å²) < 4.78 is 13.1. The zero-order valence-corrected chi connectivity index (χ0v) is 17.2. The van der Waals surface area contributed by atoms with Crippen LogP contribution in [-0.2, 0) is 0 Å². The van der Waals surface area contributed by atoms with Crippen molar-refractivity contribution in [1.82, 2.24) is 15.2 Å². The average Bonchev–Trinajstić information content (AvgIpc) is 3.32. The maximum Gasteiger partial charge on any atom is 0.153 e. The molecule has 0 spiro atoms. The molecule has 4 nitrogen and oxygen atoms in total. The molecule has 0 radical (unpaired) electrons. The van der Waals surface area contributed by atoms with Crippen LogP contribution >= 0.6 is 11.3 Å². The number of nitrogens with one attached hydrogen (secondary N) is 1. The first-order valence-corrected chi connectivity index (χ1v) is 10.6. The Hall–Kier alpha value is -3.90. The summed E-state index contributed by atoms with van der Waals surface area (Å²) in [6, 6.07) is 28.1. The van der Waals surface area contributed by atoms with Gasteiger partial charge in [0.25, 0.3) is 0 Å². The van der Waals surface area contributed by atoms with E-state index in [1.807, 2.05) is 54.6 Å². The number of halogens is 1. The minimum Gasteiger partial charge on any atom is -0.339 e. The van der Waals surface area contributed by atoms with Gasteiger partial charge >= 0.3 is 0 Å². The molecule has 6 heteroatoms. The third-order valence-electron chi connectivity index (χ3n) is 4.78. The first-order chi connectivity index (χ1) is 15.2. The predicted octanol–water partition coefficient (Wildman–Crippen LogP) is 6.82. The monoisotopic (exact) mass is 424 g/mol. The van der Waals surface area contributed by atoms with Crippen LogP contribution in [0.25, 0.3) is 33.1 Å². The molecule has 0 amide bonds. The van der Waals surface area contributed by atoms with Gasteiger partial charge in [-0.1, -0.05) is 42.5 Å². The molecule has 0 saturated heterocycles. The van der Waals surface area contributed by atoms with Gasteiger partial charge in [-0.15, -0.1) is 21.5 Å². The molecule has 0 atom stereocenters. The fourth-order valence-electron chi connectivity index (χ4n) is 3.17. The molecule has 5 rings (SSSR count). The van der Waals surface area contributed by atoms with Crippen molar-refractivity contribution in [1.29, 1.82) is 0 Å². The summed E-state index contributed by atoms with van der Waals surface area (Å²) in [6.45, 7) is 0. The lowest BCUT2D eigenvalue weighted by Gasteiger charge is -2.07. The van der Waals surface area contributed by atoms with Gasteiger partial charge in [-0.2, -0.15) is 0 Å². The SMILES string of the molecule is Fc1ccc(-c2ccc(Nc3ccc(-c4csc(-c5ccccc5)n4)cc3)nn2)cc1. The van der Waals surface area contributed by atoms with Crippen molar-refractivity contribution < 1.29 is 4.39 Å². The van der Waals surface area contributed by atoms with Gasteiger partial charge in [0.1, 0.15) is 10.8 Å². The number of hydrogen-bond donors (Lipinski definition) is 1. The minimum absolute atomic E-state index is 0.271. The van der Waals surface area contributed by atoms with Gasteiger partial charge in [-0.3, -0.25) is 0 Å². The quantitative estimate of drug-likeness (QED) is 0.336. The molecule has 0 aliphatic heterocycles. The molecule has 5 aromatic rings. The van der Waals surface area contributed by atoms with Crippen molar-refractivity contribution in [2.45, 2.75) is 0 Å². The molecule has 0 saturated carbocycles. The van der Waals surface area contributed by atoms with Crippen molar-refractivity contribution in [2.24, 2.45) is 0 Å². The molecular weight excluding hydrogens is 407 g/mol. The number of rotatable bonds is 5. The summed E-state index contributed by atoms with van der Waals surface area (Å²) in [4.78, 5) is 4.76. The zero-order valence-electron chi connectivity index (χ0n) is 16.4. The van der Waals surface area contributed by atoms with Gasteiger partial charge in [0.2, 0.25) is 0 Å². The average molecular weight is 425 g/mol. The van der Waals surface area contributed by atoms with E-state index in [1.165, 1.54) is 12.1 Å². The predicted molar refractivity (Wildman–Crippen MR) is 124 cm³/mol. The van der Waals surface area contributed by atoms with Crippen LogP contribution in [0.15, 0.2) is 96.4 Å². The largest absolute Gasteiger partial charge is 0.339 e. The summed E-state index contributed by atoms with van der Waals surface area (Å²) in [5.41, 5.74) is 5.56. The molecule has 2 heterocycles. The molecule has 3 aromatic carbocycles.